The SMILES string of the molecule is CC(O)(CNN1CCCC1Cc1ccc(Cl)cc1)COc1ccccc1NC(=O)c1ccccc1. The fourth-order valence-electron chi connectivity index (χ4n) is 4.18. The van der Waals surface area contributed by atoms with Crippen LogP contribution in [0.15, 0.2) is 78.9 Å². The number of carbonyl (C=O) groups excluding carboxylic acids is 1. The number of nitrogens with one attached hydrogen (secondary N) is 2. The smallest absolute Gasteiger partial charge is 0.255 e. The first-order chi connectivity index (χ1) is 16.9. The molecule has 3 N–H and O–H groups in total. The predicted molar refractivity (Wildman–Crippen MR) is 140 cm³/mol. The van der Waals surface area contributed by atoms with Crippen LogP contribution in [0.4, 0.5) is 5.69 Å². The van der Waals surface area contributed by atoms with E-state index >= 15 is 0 Å². The fraction of sp³-hybridized carbons (Fsp3) is 0.321. The summed E-state index contributed by atoms with van der Waals surface area (Å²) in [5.74, 6) is 0.301. The molecule has 6 nitrogen and oxygen atoms in total. The zero-order valence-electron chi connectivity index (χ0n) is 19.9. The van der Waals surface area contributed by atoms with Gasteiger partial charge in [0.2, 0.25) is 0 Å². The Morgan fingerprint density at radius 1 is 1.09 bits per heavy atom. The minimum absolute atomic E-state index is 0.0773. The van der Waals surface area contributed by atoms with Crippen LogP contribution < -0.4 is 15.5 Å². The zero-order chi connectivity index (χ0) is 24.7. The highest BCUT2D eigenvalue weighted by Crippen LogP contribution is 2.26. The van der Waals surface area contributed by atoms with Crippen molar-refractivity contribution in [2.24, 2.45) is 0 Å². The molecule has 1 heterocycles. The number of halogens is 1. The number of para-hydroxylation sites is 2. The number of hydrogen-bond acceptors (Lipinski definition) is 5. The van der Waals surface area contributed by atoms with E-state index in [9.17, 15) is 9.90 Å². The number of hydrogen-bond donors (Lipinski definition) is 3. The number of hydrazine groups is 1. The number of nitrogens with zero attached hydrogens (tertiary/aromatic N) is 1. The van der Waals surface area contributed by atoms with Crippen molar-refractivity contribution in [3.05, 3.63) is 95.0 Å². The Morgan fingerprint density at radius 2 is 1.80 bits per heavy atom. The maximum Gasteiger partial charge on any atom is 0.255 e. The Bertz CT molecular complexity index is 1110. The molecule has 1 fully saturated rings. The van der Waals surface area contributed by atoms with Crippen LogP contribution in [0.5, 0.6) is 5.75 Å². The molecule has 35 heavy (non-hydrogen) atoms. The molecular formula is C28H32ClN3O3. The molecule has 0 spiro atoms. The van der Waals surface area contributed by atoms with Crippen LogP contribution in [0, 0.1) is 0 Å². The monoisotopic (exact) mass is 493 g/mol. The molecule has 2 unspecified atom stereocenters. The zero-order valence-corrected chi connectivity index (χ0v) is 20.7. The van der Waals surface area contributed by atoms with E-state index in [-0.39, 0.29) is 12.5 Å². The van der Waals surface area contributed by atoms with E-state index in [1.165, 1.54) is 5.56 Å². The van der Waals surface area contributed by atoms with Crippen LogP contribution >= 0.6 is 11.6 Å². The summed E-state index contributed by atoms with van der Waals surface area (Å²) >= 11 is 6.01. The molecule has 0 radical (unpaired) electrons. The molecule has 3 aromatic carbocycles. The van der Waals surface area contributed by atoms with Gasteiger partial charge in [0.1, 0.15) is 18.0 Å². The van der Waals surface area contributed by atoms with E-state index in [0.29, 0.717) is 29.6 Å². The molecule has 1 saturated heterocycles. The number of benzene rings is 3. The van der Waals surface area contributed by atoms with Crippen molar-refractivity contribution < 1.29 is 14.6 Å². The summed E-state index contributed by atoms with van der Waals surface area (Å²) in [4.78, 5) is 12.6. The third-order valence-corrected chi connectivity index (χ3v) is 6.39. The third-order valence-electron chi connectivity index (χ3n) is 6.13. The lowest BCUT2D eigenvalue weighted by molar-refractivity contribution is -0.00766. The topological polar surface area (TPSA) is 73.8 Å². The predicted octanol–water partition coefficient (Wildman–Crippen LogP) is 4.93. The minimum Gasteiger partial charge on any atom is -0.488 e. The van der Waals surface area contributed by atoms with Gasteiger partial charge < -0.3 is 15.2 Å². The highest BCUT2D eigenvalue weighted by atomic mass is 35.5. The summed E-state index contributed by atoms with van der Waals surface area (Å²) in [7, 11) is 0. The van der Waals surface area contributed by atoms with Crippen LogP contribution in [-0.4, -0.2) is 47.4 Å². The fourth-order valence-corrected chi connectivity index (χ4v) is 4.31. The molecule has 1 amide bonds. The van der Waals surface area contributed by atoms with Gasteiger partial charge in [-0.2, -0.15) is 0 Å². The van der Waals surface area contributed by atoms with E-state index in [0.717, 1.165) is 30.8 Å². The van der Waals surface area contributed by atoms with E-state index in [2.05, 4.69) is 27.9 Å². The second kappa shape index (κ2) is 11.7. The number of rotatable bonds is 10. The van der Waals surface area contributed by atoms with Crippen LogP contribution in [0.25, 0.3) is 0 Å². The maximum absolute atomic E-state index is 12.6. The summed E-state index contributed by atoms with van der Waals surface area (Å²) in [5, 5.41) is 16.8. The lowest BCUT2D eigenvalue weighted by Gasteiger charge is -2.31. The van der Waals surface area contributed by atoms with Crippen LogP contribution in [0.2, 0.25) is 5.02 Å². The van der Waals surface area contributed by atoms with Gasteiger partial charge in [0.15, 0.2) is 0 Å². The normalized spacial score (nSPS) is 17.6. The average molecular weight is 494 g/mol. The Hall–Kier alpha value is -2.90. The Labute approximate surface area is 211 Å². The van der Waals surface area contributed by atoms with Gasteiger partial charge >= 0.3 is 0 Å². The molecule has 2 atom stereocenters. The standard InChI is InChI=1S/C28H32ClN3O3/c1-28(34,19-30-32-17-7-10-24(32)18-21-13-15-23(29)16-14-21)20-35-26-12-6-5-11-25(26)31-27(33)22-8-3-2-4-9-22/h2-6,8-9,11-16,24,30,34H,7,10,17-20H2,1H3,(H,31,33). The van der Waals surface area contributed by atoms with Gasteiger partial charge in [0.05, 0.1) is 5.69 Å². The lowest BCUT2D eigenvalue weighted by atomic mass is 10.0. The number of carbonyl (C=O) groups is 1. The van der Waals surface area contributed by atoms with Crippen molar-refractivity contribution in [1.29, 1.82) is 0 Å². The first-order valence-corrected chi connectivity index (χ1v) is 12.3. The van der Waals surface area contributed by atoms with Gasteiger partial charge in [0, 0.05) is 29.7 Å². The van der Waals surface area contributed by atoms with Crippen molar-refractivity contribution >= 4 is 23.2 Å². The summed E-state index contributed by atoms with van der Waals surface area (Å²) in [6.07, 6.45) is 3.14. The van der Waals surface area contributed by atoms with Gasteiger partial charge in [-0.1, -0.05) is 54.1 Å². The van der Waals surface area contributed by atoms with Gasteiger partial charge in [-0.15, -0.1) is 0 Å². The molecule has 0 saturated carbocycles. The largest absolute Gasteiger partial charge is 0.488 e. The van der Waals surface area contributed by atoms with Crippen molar-refractivity contribution in [3.63, 3.8) is 0 Å². The molecule has 0 aromatic heterocycles. The molecule has 1 aliphatic heterocycles. The van der Waals surface area contributed by atoms with Gasteiger partial charge in [-0.3, -0.25) is 10.2 Å². The number of ether oxygens (including phenoxy) is 1. The second-order valence-electron chi connectivity index (χ2n) is 9.26. The third kappa shape index (κ3) is 7.29. The Morgan fingerprint density at radius 3 is 2.57 bits per heavy atom. The van der Waals surface area contributed by atoms with Crippen LogP contribution in [0.3, 0.4) is 0 Å². The van der Waals surface area contributed by atoms with Gasteiger partial charge in [0.25, 0.3) is 5.91 Å². The number of anilines is 1. The van der Waals surface area contributed by atoms with E-state index < -0.39 is 5.60 Å². The second-order valence-corrected chi connectivity index (χ2v) is 9.69. The highest BCUT2D eigenvalue weighted by molar-refractivity contribution is 6.30. The van der Waals surface area contributed by atoms with E-state index in [4.69, 9.17) is 16.3 Å². The maximum atomic E-state index is 12.6. The minimum atomic E-state index is -1.11. The first kappa shape index (κ1) is 25.2. The molecule has 4 rings (SSSR count). The summed E-state index contributed by atoms with van der Waals surface area (Å²) < 4.78 is 5.95. The van der Waals surface area contributed by atoms with Crippen molar-refractivity contribution in [3.8, 4) is 5.75 Å². The van der Waals surface area contributed by atoms with Crippen LogP contribution in [0.1, 0.15) is 35.7 Å². The number of aliphatic hydroxyl groups is 1. The summed E-state index contributed by atoms with van der Waals surface area (Å²) in [6.45, 7) is 3.11. The average Bonchev–Trinajstić information content (AvgIpc) is 3.31. The molecule has 184 valence electrons. The molecule has 3 aromatic rings. The van der Waals surface area contributed by atoms with Gasteiger partial charge in [-0.25, -0.2) is 5.01 Å². The molecule has 0 bridgehead atoms. The lowest BCUT2D eigenvalue weighted by Crippen LogP contribution is -2.51. The number of amides is 1. The molecule has 0 aliphatic carbocycles. The van der Waals surface area contributed by atoms with E-state index in [1.54, 1.807) is 31.2 Å². The van der Waals surface area contributed by atoms with Crippen molar-refractivity contribution in [2.45, 2.75) is 37.8 Å². The Balaban J connectivity index is 1.30. The van der Waals surface area contributed by atoms with Gasteiger partial charge in [-0.05, 0) is 68.1 Å². The first-order valence-electron chi connectivity index (χ1n) is 11.9. The Kier molecular flexibility index (Phi) is 8.42. The van der Waals surface area contributed by atoms with Crippen molar-refractivity contribution in [2.75, 3.05) is 25.0 Å². The molecular weight excluding hydrogens is 462 g/mol. The highest BCUT2D eigenvalue weighted by Gasteiger charge is 2.28. The van der Waals surface area contributed by atoms with E-state index in [1.807, 2.05) is 42.5 Å². The molecule has 7 heteroatoms. The molecule has 1 aliphatic rings. The summed E-state index contributed by atoms with van der Waals surface area (Å²) in [5.41, 5.74) is 4.69. The van der Waals surface area contributed by atoms with Crippen LogP contribution in [-0.2, 0) is 6.42 Å². The summed E-state index contributed by atoms with van der Waals surface area (Å²) in [6, 6.07) is 24.6. The van der Waals surface area contributed by atoms with Crippen molar-refractivity contribution in [1.82, 2.24) is 10.4 Å². The quantitative estimate of drug-likeness (QED) is 0.373.